The molecule has 2 aliphatic heterocycles. The third-order valence-electron chi connectivity index (χ3n) is 5.68. The van der Waals surface area contributed by atoms with Gasteiger partial charge in [-0.25, -0.2) is 14.6 Å². The van der Waals surface area contributed by atoms with Gasteiger partial charge in [0.1, 0.15) is 5.15 Å². The molecule has 2 bridgehead atoms. The molecule has 3 atom stereocenters. The van der Waals surface area contributed by atoms with Gasteiger partial charge in [-0.05, 0) is 31.0 Å². The number of carbonyl (C=O) groups is 3. The predicted octanol–water partition coefficient (Wildman–Crippen LogP) is 2.72. The molecule has 2 aliphatic rings. The number of methoxy groups -OCH3 is 1. The highest BCUT2D eigenvalue weighted by Crippen LogP contribution is 2.52. The molecule has 0 radical (unpaired) electrons. The number of amides is 1. The van der Waals surface area contributed by atoms with Crippen LogP contribution in [0.4, 0.5) is 0 Å². The highest BCUT2D eigenvalue weighted by molar-refractivity contribution is 6.30. The van der Waals surface area contributed by atoms with Crippen LogP contribution in [0.1, 0.15) is 35.2 Å². The van der Waals surface area contributed by atoms with E-state index in [2.05, 4.69) is 9.72 Å². The molecule has 2 saturated heterocycles. The van der Waals surface area contributed by atoms with Crippen molar-refractivity contribution in [1.82, 2.24) is 9.88 Å². The Labute approximate surface area is 172 Å². The number of carbonyl (C=O) groups excluding carboxylic acids is 3. The average Bonchev–Trinajstić information content (AvgIpc) is 3.30. The smallest absolute Gasteiger partial charge is 0.418 e. The molecule has 0 aliphatic carbocycles. The van der Waals surface area contributed by atoms with Gasteiger partial charge in [0.15, 0.2) is 5.60 Å². The van der Waals surface area contributed by atoms with E-state index in [1.54, 1.807) is 41.3 Å². The van der Waals surface area contributed by atoms with Crippen molar-refractivity contribution in [3.63, 3.8) is 0 Å². The molecule has 0 N–H and O–H groups in total. The van der Waals surface area contributed by atoms with Gasteiger partial charge in [-0.2, -0.15) is 0 Å². The van der Waals surface area contributed by atoms with Crippen LogP contribution in [0.2, 0.25) is 5.15 Å². The molecular weight excluding hydrogens is 396 g/mol. The number of rotatable bonds is 3. The number of pyridine rings is 1. The molecule has 2 fully saturated rings. The Morgan fingerprint density at radius 3 is 2.52 bits per heavy atom. The van der Waals surface area contributed by atoms with Gasteiger partial charge in [0.2, 0.25) is 0 Å². The van der Waals surface area contributed by atoms with E-state index >= 15 is 0 Å². The second-order valence-corrected chi connectivity index (χ2v) is 7.56. The normalized spacial score (nSPS) is 25.0. The van der Waals surface area contributed by atoms with Crippen molar-refractivity contribution in [3.05, 3.63) is 64.9 Å². The zero-order chi connectivity index (χ0) is 20.6. The molecule has 2 aromatic rings. The number of halogens is 1. The van der Waals surface area contributed by atoms with Gasteiger partial charge < -0.3 is 14.4 Å². The molecule has 0 saturated carbocycles. The first-order valence-electron chi connectivity index (χ1n) is 9.27. The van der Waals surface area contributed by atoms with Crippen molar-refractivity contribution < 1.29 is 23.9 Å². The van der Waals surface area contributed by atoms with Gasteiger partial charge in [-0.1, -0.05) is 35.9 Å². The number of fused-ring (bicyclic) bond motifs is 2. The summed E-state index contributed by atoms with van der Waals surface area (Å²) in [4.78, 5) is 43.2. The van der Waals surface area contributed by atoms with E-state index in [1.165, 1.54) is 6.20 Å². The lowest BCUT2D eigenvalue weighted by Gasteiger charge is -2.36. The zero-order valence-electron chi connectivity index (χ0n) is 15.7. The van der Waals surface area contributed by atoms with Crippen molar-refractivity contribution in [2.24, 2.45) is 0 Å². The first-order valence-corrected chi connectivity index (χ1v) is 9.65. The number of nitrogens with zero attached hydrogens (tertiary/aromatic N) is 2. The van der Waals surface area contributed by atoms with Crippen LogP contribution in [0.15, 0.2) is 48.7 Å². The number of ether oxygens (including phenoxy) is 2. The van der Waals surface area contributed by atoms with Crippen LogP contribution in [-0.4, -0.2) is 46.9 Å². The predicted molar refractivity (Wildman–Crippen MR) is 103 cm³/mol. The number of hydrogen-bond acceptors (Lipinski definition) is 6. The van der Waals surface area contributed by atoms with Crippen molar-refractivity contribution >= 4 is 29.4 Å². The summed E-state index contributed by atoms with van der Waals surface area (Å²) in [6.45, 7) is 0. The largest absolute Gasteiger partial charge is 0.461 e. The Hall–Kier alpha value is -2.93. The van der Waals surface area contributed by atoms with Crippen molar-refractivity contribution in [1.29, 1.82) is 0 Å². The zero-order valence-corrected chi connectivity index (χ0v) is 16.5. The fourth-order valence-electron chi connectivity index (χ4n) is 4.46. The maximum absolute atomic E-state index is 13.2. The van der Waals surface area contributed by atoms with Crippen LogP contribution in [0.3, 0.4) is 0 Å². The lowest BCUT2D eigenvalue weighted by atomic mass is 9.79. The Balaban J connectivity index is 1.74. The minimum atomic E-state index is -1.18. The van der Waals surface area contributed by atoms with Crippen LogP contribution < -0.4 is 0 Å². The van der Waals surface area contributed by atoms with Gasteiger partial charge in [-0.15, -0.1) is 0 Å². The van der Waals surface area contributed by atoms with E-state index in [0.29, 0.717) is 29.1 Å². The summed E-state index contributed by atoms with van der Waals surface area (Å²) < 4.78 is 10.3. The van der Waals surface area contributed by atoms with Crippen molar-refractivity contribution in [2.75, 3.05) is 7.11 Å². The molecule has 7 nitrogen and oxygen atoms in total. The van der Waals surface area contributed by atoms with Gasteiger partial charge in [0.05, 0.1) is 13.2 Å². The minimum Gasteiger partial charge on any atom is -0.461 e. The van der Waals surface area contributed by atoms with Gasteiger partial charge in [-0.3, -0.25) is 4.79 Å². The second kappa shape index (κ2) is 7.48. The molecule has 150 valence electrons. The SMILES string of the molecule is COC(=O)C(=O)O[C@]1(c2ccc(Cl)nc2)C[C@@H]2CC[C@H]1N2C(=O)c1ccccc1. The van der Waals surface area contributed by atoms with E-state index in [-0.39, 0.29) is 11.9 Å². The fraction of sp³-hybridized carbons (Fsp3) is 0.333. The molecule has 1 amide bonds. The first-order chi connectivity index (χ1) is 14.0. The van der Waals surface area contributed by atoms with E-state index in [0.717, 1.165) is 13.5 Å². The summed E-state index contributed by atoms with van der Waals surface area (Å²) in [5, 5.41) is 0.295. The molecule has 8 heteroatoms. The highest BCUT2D eigenvalue weighted by atomic mass is 35.5. The molecule has 0 unspecified atom stereocenters. The molecule has 29 heavy (non-hydrogen) atoms. The summed E-state index contributed by atoms with van der Waals surface area (Å²) in [6, 6.07) is 11.7. The summed E-state index contributed by atoms with van der Waals surface area (Å²) in [5.41, 5.74) is -0.0260. The van der Waals surface area contributed by atoms with E-state index in [1.807, 2.05) is 6.07 Å². The standard InChI is InChI=1S/C21H19ClN2O5/c1-28-19(26)20(27)29-21(14-7-10-17(22)23-12-14)11-15-8-9-16(21)24(15)18(25)13-5-3-2-4-6-13/h2-7,10,12,15-16H,8-9,11H2,1H3/t15-,16+,21-/m0/s1. The van der Waals surface area contributed by atoms with Crippen LogP contribution in [0.5, 0.6) is 0 Å². The Morgan fingerprint density at radius 1 is 1.10 bits per heavy atom. The Bertz CT molecular complexity index is 949. The lowest BCUT2D eigenvalue weighted by Crippen LogP contribution is -2.47. The third kappa shape index (κ3) is 3.25. The van der Waals surface area contributed by atoms with Crippen LogP contribution in [0.25, 0.3) is 0 Å². The van der Waals surface area contributed by atoms with Gasteiger partial charge in [0.25, 0.3) is 5.91 Å². The molecule has 1 aromatic carbocycles. The van der Waals surface area contributed by atoms with Crippen LogP contribution in [-0.2, 0) is 24.7 Å². The van der Waals surface area contributed by atoms with E-state index < -0.39 is 23.6 Å². The van der Waals surface area contributed by atoms with Gasteiger partial charge >= 0.3 is 11.9 Å². The first kappa shape index (κ1) is 19.4. The fourth-order valence-corrected chi connectivity index (χ4v) is 4.57. The number of esters is 2. The highest BCUT2D eigenvalue weighted by Gasteiger charge is 2.61. The molecule has 4 rings (SSSR count). The lowest BCUT2D eigenvalue weighted by molar-refractivity contribution is -0.179. The molecule has 1 aromatic heterocycles. The minimum absolute atomic E-state index is 0.117. The average molecular weight is 415 g/mol. The van der Waals surface area contributed by atoms with E-state index in [4.69, 9.17) is 16.3 Å². The van der Waals surface area contributed by atoms with Crippen molar-refractivity contribution in [2.45, 2.75) is 36.9 Å². The third-order valence-corrected chi connectivity index (χ3v) is 5.90. The summed E-state index contributed by atoms with van der Waals surface area (Å²) in [6.07, 6.45) is 3.34. The topological polar surface area (TPSA) is 85.8 Å². The maximum atomic E-state index is 13.2. The quantitative estimate of drug-likeness (QED) is 0.436. The molecular formula is C21H19ClN2O5. The van der Waals surface area contributed by atoms with Crippen molar-refractivity contribution in [3.8, 4) is 0 Å². The summed E-state index contributed by atoms with van der Waals surface area (Å²) >= 11 is 5.92. The molecule has 0 spiro atoms. The monoisotopic (exact) mass is 414 g/mol. The number of benzene rings is 1. The molecule has 3 heterocycles. The Kier molecular flexibility index (Phi) is 5.00. The van der Waals surface area contributed by atoms with Crippen LogP contribution in [0, 0.1) is 0 Å². The number of aromatic nitrogens is 1. The second-order valence-electron chi connectivity index (χ2n) is 7.17. The van der Waals surface area contributed by atoms with Crippen LogP contribution >= 0.6 is 11.6 Å². The maximum Gasteiger partial charge on any atom is 0.418 e. The summed E-state index contributed by atoms with van der Waals surface area (Å²) in [7, 11) is 1.12. The van der Waals surface area contributed by atoms with E-state index in [9.17, 15) is 14.4 Å². The Morgan fingerprint density at radius 2 is 1.86 bits per heavy atom. The van der Waals surface area contributed by atoms with Gasteiger partial charge in [0, 0.05) is 29.8 Å². The number of hydrogen-bond donors (Lipinski definition) is 0. The summed E-state index contributed by atoms with van der Waals surface area (Å²) in [5.74, 6) is -2.31.